The number of nitrogens with zero attached hydrogens (tertiary/aromatic N) is 2. The Morgan fingerprint density at radius 3 is 2.38 bits per heavy atom. The Labute approximate surface area is 141 Å². The fourth-order valence-corrected chi connectivity index (χ4v) is 3.56. The van der Waals surface area contributed by atoms with E-state index in [9.17, 15) is 23.3 Å². The number of rotatable bonds is 6. The van der Waals surface area contributed by atoms with Gasteiger partial charge in [-0.1, -0.05) is 12.1 Å². The smallest absolute Gasteiger partial charge is 0.269 e. The van der Waals surface area contributed by atoms with E-state index in [0.717, 1.165) is 12.8 Å². The topological polar surface area (TPSA) is 110 Å². The zero-order chi connectivity index (χ0) is 17.7. The van der Waals surface area contributed by atoms with Crippen molar-refractivity contribution >= 4 is 21.6 Å². The largest absolute Gasteiger partial charge is 0.356 e. The van der Waals surface area contributed by atoms with E-state index in [0.29, 0.717) is 25.2 Å². The number of carbonyl (C=O) groups excluding carboxylic acids is 1. The summed E-state index contributed by atoms with van der Waals surface area (Å²) in [5.41, 5.74) is 0.710. The van der Waals surface area contributed by atoms with Gasteiger partial charge in [-0.25, -0.2) is 12.7 Å². The summed E-state index contributed by atoms with van der Waals surface area (Å²) < 4.78 is 24.3. The lowest BCUT2D eigenvalue weighted by Gasteiger charge is -2.30. The van der Waals surface area contributed by atoms with Crippen LogP contribution < -0.4 is 5.32 Å². The molecule has 0 spiro atoms. The summed E-state index contributed by atoms with van der Waals surface area (Å²) in [5.74, 6) is 0.123. The summed E-state index contributed by atoms with van der Waals surface area (Å²) in [4.78, 5) is 22.0. The van der Waals surface area contributed by atoms with Crippen LogP contribution in [-0.2, 0) is 21.2 Å². The summed E-state index contributed by atoms with van der Waals surface area (Å²) in [6.07, 6.45) is 2.83. The number of carbonyl (C=O) groups is 1. The Morgan fingerprint density at radius 1 is 1.29 bits per heavy atom. The average molecular weight is 355 g/mol. The lowest BCUT2D eigenvalue weighted by molar-refractivity contribution is -0.384. The first-order valence-electron chi connectivity index (χ1n) is 7.71. The van der Waals surface area contributed by atoms with Crippen LogP contribution in [0.4, 0.5) is 5.69 Å². The summed E-state index contributed by atoms with van der Waals surface area (Å²) in [7, 11) is -3.13. The molecule has 0 aromatic heterocycles. The summed E-state index contributed by atoms with van der Waals surface area (Å²) >= 11 is 0. The third-order valence-electron chi connectivity index (χ3n) is 4.14. The molecular formula is C15H21N3O5S. The van der Waals surface area contributed by atoms with Crippen molar-refractivity contribution in [2.75, 3.05) is 25.9 Å². The van der Waals surface area contributed by atoms with Gasteiger partial charge < -0.3 is 5.32 Å². The van der Waals surface area contributed by atoms with E-state index in [1.165, 1.54) is 22.7 Å². The van der Waals surface area contributed by atoms with Crippen LogP contribution in [0.3, 0.4) is 0 Å². The highest BCUT2D eigenvalue weighted by Gasteiger charge is 2.24. The summed E-state index contributed by atoms with van der Waals surface area (Å²) in [5, 5.41) is 13.4. The molecule has 1 aliphatic rings. The molecule has 8 nitrogen and oxygen atoms in total. The van der Waals surface area contributed by atoms with Gasteiger partial charge in [-0.15, -0.1) is 0 Å². The van der Waals surface area contributed by atoms with Crippen molar-refractivity contribution in [2.24, 2.45) is 5.92 Å². The molecule has 1 amide bonds. The van der Waals surface area contributed by atoms with Crippen molar-refractivity contribution < 1.29 is 18.1 Å². The molecule has 0 unspecified atom stereocenters. The molecule has 24 heavy (non-hydrogen) atoms. The molecule has 0 atom stereocenters. The van der Waals surface area contributed by atoms with Crippen LogP contribution in [0, 0.1) is 16.0 Å². The third-order valence-corrected chi connectivity index (χ3v) is 5.45. The van der Waals surface area contributed by atoms with Crippen LogP contribution >= 0.6 is 0 Å². The van der Waals surface area contributed by atoms with Gasteiger partial charge in [0, 0.05) is 31.8 Å². The molecule has 0 radical (unpaired) electrons. The van der Waals surface area contributed by atoms with Gasteiger partial charge in [0.2, 0.25) is 15.9 Å². The van der Waals surface area contributed by atoms with Gasteiger partial charge >= 0.3 is 0 Å². The predicted octanol–water partition coefficient (Wildman–Crippen LogP) is 0.925. The van der Waals surface area contributed by atoms with Gasteiger partial charge in [-0.3, -0.25) is 14.9 Å². The number of nitro groups is 1. The molecule has 0 saturated carbocycles. The van der Waals surface area contributed by atoms with Gasteiger partial charge in [-0.05, 0) is 24.3 Å². The maximum absolute atomic E-state index is 11.9. The van der Waals surface area contributed by atoms with Crippen molar-refractivity contribution in [3.05, 3.63) is 39.9 Å². The first-order valence-corrected chi connectivity index (χ1v) is 9.55. The second-order valence-corrected chi connectivity index (χ2v) is 7.99. The molecule has 0 aliphatic carbocycles. The Bertz CT molecular complexity index is 694. The standard InChI is InChI=1S/C15H21N3O5S/c1-24(22,23)17-8-6-13(7-9-17)11-16-15(19)10-12-2-4-14(5-3-12)18(20)21/h2-5,13H,6-11H2,1H3,(H,16,19). The van der Waals surface area contributed by atoms with E-state index in [2.05, 4.69) is 5.32 Å². The quantitative estimate of drug-likeness (QED) is 0.603. The van der Waals surface area contributed by atoms with Crippen molar-refractivity contribution in [3.63, 3.8) is 0 Å². The SMILES string of the molecule is CS(=O)(=O)N1CCC(CNC(=O)Cc2ccc([N+](=O)[O-])cc2)CC1. The number of hydrogen-bond acceptors (Lipinski definition) is 5. The highest BCUT2D eigenvalue weighted by Crippen LogP contribution is 2.18. The molecular weight excluding hydrogens is 334 g/mol. The molecule has 1 heterocycles. The molecule has 0 bridgehead atoms. The first-order chi connectivity index (χ1) is 11.3. The van der Waals surface area contributed by atoms with Crippen molar-refractivity contribution in [2.45, 2.75) is 19.3 Å². The third kappa shape index (κ3) is 5.27. The lowest BCUT2D eigenvalue weighted by Crippen LogP contribution is -2.41. The van der Waals surface area contributed by atoms with Crippen molar-refractivity contribution in [1.82, 2.24) is 9.62 Å². The molecule has 1 aromatic rings. The number of sulfonamides is 1. The molecule has 1 fully saturated rings. The number of hydrogen-bond donors (Lipinski definition) is 1. The Hall–Kier alpha value is -2.00. The van der Waals surface area contributed by atoms with Gasteiger partial charge in [0.1, 0.15) is 0 Å². The van der Waals surface area contributed by atoms with Gasteiger partial charge in [-0.2, -0.15) is 0 Å². The van der Waals surface area contributed by atoms with Gasteiger partial charge in [0.05, 0.1) is 17.6 Å². The number of nitrogens with one attached hydrogen (secondary N) is 1. The Kier molecular flexibility index (Phi) is 5.89. The van der Waals surface area contributed by atoms with E-state index >= 15 is 0 Å². The second-order valence-electron chi connectivity index (χ2n) is 6.01. The number of benzene rings is 1. The second kappa shape index (κ2) is 7.71. The van der Waals surface area contributed by atoms with Crippen LogP contribution in [0.5, 0.6) is 0 Å². The van der Waals surface area contributed by atoms with E-state index in [1.807, 2.05) is 0 Å². The van der Waals surface area contributed by atoms with Crippen molar-refractivity contribution in [1.29, 1.82) is 0 Å². The minimum absolute atomic E-state index is 0.00297. The molecule has 1 saturated heterocycles. The number of non-ortho nitro benzene ring substituents is 1. The van der Waals surface area contributed by atoms with Crippen LogP contribution in [0.15, 0.2) is 24.3 Å². The summed E-state index contributed by atoms with van der Waals surface area (Å²) in [6.45, 7) is 1.49. The zero-order valence-electron chi connectivity index (χ0n) is 13.5. The highest BCUT2D eigenvalue weighted by atomic mass is 32.2. The zero-order valence-corrected chi connectivity index (χ0v) is 14.3. The molecule has 1 N–H and O–H groups in total. The molecule has 1 aromatic carbocycles. The maximum Gasteiger partial charge on any atom is 0.269 e. The van der Waals surface area contributed by atoms with Crippen LogP contribution in [-0.4, -0.2) is 49.4 Å². The number of nitro benzene ring substituents is 1. The summed E-state index contributed by atoms with van der Waals surface area (Å²) in [6, 6.07) is 5.90. The van der Waals surface area contributed by atoms with Crippen LogP contribution in [0.2, 0.25) is 0 Å². The van der Waals surface area contributed by atoms with Gasteiger partial charge in [0.25, 0.3) is 5.69 Å². The minimum atomic E-state index is -3.13. The minimum Gasteiger partial charge on any atom is -0.356 e. The Balaban J connectivity index is 1.75. The highest BCUT2D eigenvalue weighted by molar-refractivity contribution is 7.88. The van der Waals surface area contributed by atoms with Crippen molar-refractivity contribution in [3.8, 4) is 0 Å². The molecule has 2 rings (SSSR count). The van der Waals surface area contributed by atoms with E-state index < -0.39 is 14.9 Å². The average Bonchev–Trinajstić information content (AvgIpc) is 2.53. The van der Waals surface area contributed by atoms with E-state index in [4.69, 9.17) is 0 Å². The monoisotopic (exact) mass is 355 g/mol. The number of amides is 1. The number of piperidine rings is 1. The molecule has 132 valence electrons. The maximum atomic E-state index is 11.9. The molecule has 9 heteroatoms. The van der Waals surface area contributed by atoms with E-state index in [-0.39, 0.29) is 23.9 Å². The first kappa shape index (κ1) is 18.3. The van der Waals surface area contributed by atoms with Crippen LogP contribution in [0.25, 0.3) is 0 Å². The van der Waals surface area contributed by atoms with Gasteiger partial charge in [0.15, 0.2) is 0 Å². The Morgan fingerprint density at radius 2 is 1.88 bits per heavy atom. The molecule has 1 aliphatic heterocycles. The van der Waals surface area contributed by atoms with E-state index in [1.54, 1.807) is 12.1 Å². The lowest BCUT2D eigenvalue weighted by atomic mass is 9.98. The fourth-order valence-electron chi connectivity index (χ4n) is 2.69. The normalized spacial score (nSPS) is 16.7. The fraction of sp³-hybridized carbons (Fsp3) is 0.533. The van der Waals surface area contributed by atoms with Crippen LogP contribution in [0.1, 0.15) is 18.4 Å². The predicted molar refractivity (Wildman–Crippen MR) is 89.0 cm³/mol.